The Morgan fingerprint density at radius 3 is 2.19 bits per heavy atom. The summed E-state index contributed by atoms with van der Waals surface area (Å²) in [6, 6.07) is 1.63. The second kappa shape index (κ2) is 4.83. The van der Waals surface area contributed by atoms with Crippen molar-refractivity contribution in [2.75, 3.05) is 6.61 Å². The first-order valence-corrected chi connectivity index (χ1v) is 4.64. The SMILES string of the molecule is CCOC(=O)C(=O)c1cc(F)c(C)c(F)c1. The van der Waals surface area contributed by atoms with Gasteiger partial charge in [0.2, 0.25) is 0 Å². The predicted molar refractivity (Wildman–Crippen MR) is 52.1 cm³/mol. The van der Waals surface area contributed by atoms with E-state index < -0.39 is 23.4 Å². The summed E-state index contributed by atoms with van der Waals surface area (Å²) in [5.41, 5.74) is -0.542. The minimum Gasteiger partial charge on any atom is -0.460 e. The molecule has 0 fully saturated rings. The fourth-order valence-corrected chi connectivity index (χ4v) is 1.09. The third kappa shape index (κ3) is 2.42. The number of carbonyl (C=O) groups excluding carboxylic acids is 2. The van der Waals surface area contributed by atoms with Gasteiger partial charge in [0, 0.05) is 11.1 Å². The van der Waals surface area contributed by atoms with Crippen LogP contribution in [0, 0.1) is 18.6 Å². The van der Waals surface area contributed by atoms with E-state index in [2.05, 4.69) is 4.74 Å². The Morgan fingerprint density at radius 1 is 1.25 bits per heavy atom. The Hall–Kier alpha value is -1.78. The molecule has 5 heteroatoms. The zero-order chi connectivity index (χ0) is 12.3. The van der Waals surface area contributed by atoms with Crippen molar-refractivity contribution in [3.63, 3.8) is 0 Å². The van der Waals surface area contributed by atoms with Crippen molar-refractivity contribution >= 4 is 11.8 Å². The topological polar surface area (TPSA) is 43.4 Å². The summed E-state index contributed by atoms with van der Waals surface area (Å²) in [6.45, 7) is 2.80. The minimum absolute atomic E-state index is 0.0292. The summed E-state index contributed by atoms with van der Waals surface area (Å²) in [6.07, 6.45) is 0. The van der Waals surface area contributed by atoms with Crippen molar-refractivity contribution in [3.05, 3.63) is 34.9 Å². The Labute approximate surface area is 91.0 Å². The maximum Gasteiger partial charge on any atom is 0.379 e. The van der Waals surface area contributed by atoms with E-state index in [4.69, 9.17) is 0 Å². The monoisotopic (exact) mass is 228 g/mol. The van der Waals surface area contributed by atoms with Crippen LogP contribution < -0.4 is 0 Å². The highest BCUT2D eigenvalue weighted by molar-refractivity contribution is 6.40. The molecule has 0 aromatic heterocycles. The maximum atomic E-state index is 13.1. The van der Waals surface area contributed by atoms with E-state index >= 15 is 0 Å². The second-order valence-electron chi connectivity index (χ2n) is 3.11. The second-order valence-corrected chi connectivity index (χ2v) is 3.11. The molecule has 0 bridgehead atoms. The lowest BCUT2D eigenvalue weighted by atomic mass is 10.1. The van der Waals surface area contributed by atoms with Crippen LogP contribution in [-0.4, -0.2) is 18.4 Å². The number of benzene rings is 1. The van der Waals surface area contributed by atoms with Gasteiger partial charge in [-0.05, 0) is 26.0 Å². The van der Waals surface area contributed by atoms with Gasteiger partial charge in [0.25, 0.3) is 5.78 Å². The van der Waals surface area contributed by atoms with E-state index in [-0.39, 0.29) is 17.7 Å². The number of carbonyl (C=O) groups is 2. The molecule has 0 saturated heterocycles. The average Bonchev–Trinajstić information content (AvgIpc) is 2.24. The summed E-state index contributed by atoms with van der Waals surface area (Å²) in [5, 5.41) is 0. The minimum atomic E-state index is -1.12. The van der Waals surface area contributed by atoms with E-state index in [0.717, 1.165) is 12.1 Å². The van der Waals surface area contributed by atoms with E-state index in [9.17, 15) is 18.4 Å². The molecule has 3 nitrogen and oxygen atoms in total. The molecule has 1 rings (SSSR count). The van der Waals surface area contributed by atoms with Crippen LogP contribution in [0.15, 0.2) is 12.1 Å². The van der Waals surface area contributed by atoms with Crippen molar-refractivity contribution in [2.24, 2.45) is 0 Å². The molecular formula is C11H10F2O3. The molecular weight excluding hydrogens is 218 g/mol. The third-order valence-corrected chi connectivity index (χ3v) is 2.00. The summed E-state index contributed by atoms with van der Waals surface area (Å²) < 4.78 is 30.6. The van der Waals surface area contributed by atoms with Gasteiger partial charge in [-0.25, -0.2) is 13.6 Å². The van der Waals surface area contributed by atoms with Crippen LogP contribution in [0.5, 0.6) is 0 Å². The number of ketones is 1. The normalized spacial score (nSPS) is 10.0. The van der Waals surface area contributed by atoms with Gasteiger partial charge >= 0.3 is 5.97 Å². The van der Waals surface area contributed by atoms with Gasteiger partial charge in [0.1, 0.15) is 11.6 Å². The Morgan fingerprint density at radius 2 is 1.75 bits per heavy atom. The lowest BCUT2D eigenvalue weighted by Gasteiger charge is -2.03. The Bertz CT molecular complexity index is 418. The van der Waals surface area contributed by atoms with Gasteiger partial charge < -0.3 is 4.74 Å². The molecule has 0 atom stereocenters. The average molecular weight is 228 g/mol. The standard InChI is InChI=1S/C11H10F2O3/c1-3-16-11(15)10(14)7-4-8(12)6(2)9(13)5-7/h4-5H,3H2,1-2H3. The Balaban J connectivity index is 3.06. The first-order chi connectivity index (χ1) is 7.47. The molecule has 1 aromatic carbocycles. The molecule has 0 aliphatic carbocycles. The van der Waals surface area contributed by atoms with Gasteiger partial charge in [-0.3, -0.25) is 4.79 Å². The highest BCUT2D eigenvalue weighted by Crippen LogP contribution is 2.15. The largest absolute Gasteiger partial charge is 0.460 e. The molecule has 0 spiro atoms. The number of hydrogen-bond donors (Lipinski definition) is 0. The van der Waals surface area contributed by atoms with Crippen molar-refractivity contribution in [1.29, 1.82) is 0 Å². The van der Waals surface area contributed by atoms with Crippen LogP contribution in [0.2, 0.25) is 0 Å². The van der Waals surface area contributed by atoms with Crippen molar-refractivity contribution in [2.45, 2.75) is 13.8 Å². The van der Waals surface area contributed by atoms with Crippen LogP contribution in [0.1, 0.15) is 22.8 Å². The lowest BCUT2D eigenvalue weighted by molar-refractivity contribution is -0.137. The van der Waals surface area contributed by atoms with Gasteiger partial charge in [-0.2, -0.15) is 0 Å². The zero-order valence-electron chi connectivity index (χ0n) is 8.84. The summed E-state index contributed by atoms with van der Waals surface area (Å²) in [4.78, 5) is 22.4. The van der Waals surface area contributed by atoms with Crippen molar-refractivity contribution in [1.82, 2.24) is 0 Å². The van der Waals surface area contributed by atoms with Gasteiger partial charge in [-0.15, -0.1) is 0 Å². The van der Waals surface area contributed by atoms with Gasteiger partial charge in [0.15, 0.2) is 0 Å². The molecule has 0 aliphatic heterocycles. The fraction of sp³-hybridized carbons (Fsp3) is 0.273. The number of hydrogen-bond acceptors (Lipinski definition) is 3. The number of esters is 1. The predicted octanol–water partition coefficient (Wildman–Crippen LogP) is 2.02. The number of ether oxygens (including phenoxy) is 1. The number of Topliss-reactive ketones (excluding diaryl/α,β-unsaturated/α-hetero) is 1. The first kappa shape index (κ1) is 12.3. The molecule has 16 heavy (non-hydrogen) atoms. The fourth-order valence-electron chi connectivity index (χ4n) is 1.09. The molecule has 0 aliphatic rings. The molecule has 0 N–H and O–H groups in total. The summed E-state index contributed by atoms with van der Waals surface area (Å²) >= 11 is 0. The van der Waals surface area contributed by atoms with Crippen LogP contribution in [0.3, 0.4) is 0 Å². The Kier molecular flexibility index (Phi) is 3.71. The highest BCUT2D eigenvalue weighted by Gasteiger charge is 2.20. The van der Waals surface area contributed by atoms with Crippen molar-refractivity contribution < 1.29 is 23.1 Å². The van der Waals surface area contributed by atoms with Crippen LogP contribution in [-0.2, 0) is 9.53 Å². The van der Waals surface area contributed by atoms with E-state index in [1.807, 2.05) is 0 Å². The van der Waals surface area contributed by atoms with Crippen LogP contribution in [0.25, 0.3) is 0 Å². The number of rotatable bonds is 3. The first-order valence-electron chi connectivity index (χ1n) is 4.64. The highest BCUT2D eigenvalue weighted by atomic mass is 19.1. The smallest absolute Gasteiger partial charge is 0.379 e. The van der Waals surface area contributed by atoms with Crippen LogP contribution in [0.4, 0.5) is 8.78 Å². The molecule has 0 amide bonds. The number of halogens is 2. The maximum absolute atomic E-state index is 13.1. The van der Waals surface area contributed by atoms with E-state index in [0.29, 0.717) is 0 Å². The van der Waals surface area contributed by atoms with Crippen LogP contribution >= 0.6 is 0 Å². The quantitative estimate of drug-likeness (QED) is 0.451. The van der Waals surface area contributed by atoms with Crippen molar-refractivity contribution in [3.8, 4) is 0 Å². The van der Waals surface area contributed by atoms with Gasteiger partial charge in [-0.1, -0.05) is 0 Å². The van der Waals surface area contributed by atoms with Gasteiger partial charge in [0.05, 0.1) is 6.61 Å². The molecule has 0 unspecified atom stereocenters. The lowest BCUT2D eigenvalue weighted by Crippen LogP contribution is -2.18. The molecule has 0 heterocycles. The molecule has 0 saturated carbocycles. The molecule has 1 aromatic rings. The van der Waals surface area contributed by atoms with E-state index in [1.165, 1.54) is 13.8 Å². The summed E-state index contributed by atoms with van der Waals surface area (Å²) in [7, 11) is 0. The summed E-state index contributed by atoms with van der Waals surface area (Å²) in [5.74, 6) is -3.91. The molecule has 0 radical (unpaired) electrons. The molecule has 86 valence electrons. The third-order valence-electron chi connectivity index (χ3n) is 2.00. The zero-order valence-corrected chi connectivity index (χ0v) is 8.84. The van der Waals surface area contributed by atoms with E-state index in [1.54, 1.807) is 0 Å².